The van der Waals surface area contributed by atoms with Gasteiger partial charge in [-0.1, -0.05) is 5.16 Å². The molecule has 0 saturated carbocycles. The van der Waals surface area contributed by atoms with Crippen LogP contribution in [0.5, 0.6) is 0 Å². The molecular formula is C4H6N3O6S-. The van der Waals surface area contributed by atoms with Crippen LogP contribution in [0.1, 0.15) is 11.8 Å². The highest BCUT2D eigenvalue weighted by atomic mass is 32.3. The zero-order chi connectivity index (χ0) is 11.4. The minimum atomic E-state index is -5.17. The molecule has 1 aromatic rings. The molecule has 4 N–H and O–H groups in total. The third-order valence-electron chi connectivity index (χ3n) is 0.864. The van der Waals surface area contributed by atoms with Crippen LogP contribution in [0, 0.1) is 0 Å². The van der Waals surface area contributed by atoms with E-state index in [0.717, 1.165) is 0 Å². The van der Waals surface area contributed by atoms with Crippen LogP contribution in [0.25, 0.3) is 0 Å². The van der Waals surface area contributed by atoms with Crippen molar-refractivity contribution in [3.05, 3.63) is 11.8 Å². The molecular weight excluding hydrogens is 218 g/mol. The number of nitrogens with two attached hydrogens (primary N) is 2. The number of nitrogens with zero attached hydrogens (tertiary/aromatic N) is 1. The smallest absolute Gasteiger partial charge is 0.759 e. The fourth-order valence-electron chi connectivity index (χ4n) is 0.434. The Morgan fingerprint density at radius 3 is 2.14 bits per heavy atom. The maximum Gasteiger partial charge on any atom is 1.00 e. The number of hydrogen-bond acceptors (Lipinski definition) is 8. The summed E-state index contributed by atoms with van der Waals surface area (Å²) in [4.78, 5) is 10.3. The van der Waals surface area contributed by atoms with Crippen molar-refractivity contribution in [2.45, 2.75) is 0 Å². The second-order valence-electron chi connectivity index (χ2n) is 1.88. The molecule has 0 fully saturated rings. The van der Waals surface area contributed by atoms with Gasteiger partial charge in [-0.3, -0.25) is 13.2 Å². The van der Waals surface area contributed by atoms with Crippen molar-refractivity contribution in [1.29, 1.82) is 0 Å². The molecule has 9 nitrogen and oxygen atoms in total. The van der Waals surface area contributed by atoms with E-state index >= 15 is 0 Å². The van der Waals surface area contributed by atoms with Crippen molar-refractivity contribution in [2.75, 3.05) is 5.73 Å². The van der Waals surface area contributed by atoms with Gasteiger partial charge in [-0.25, -0.2) is 0 Å². The van der Waals surface area contributed by atoms with Crippen LogP contribution in [0.15, 0.2) is 10.7 Å². The lowest BCUT2D eigenvalue weighted by molar-refractivity contribution is 0.100. The van der Waals surface area contributed by atoms with E-state index < -0.39 is 16.3 Å². The van der Waals surface area contributed by atoms with Crippen molar-refractivity contribution >= 4 is 22.2 Å². The van der Waals surface area contributed by atoms with E-state index in [4.69, 9.17) is 29.0 Å². The van der Waals surface area contributed by atoms with Gasteiger partial charge < -0.3 is 25.1 Å². The summed E-state index contributed by atoms with van der Waals surface area (Å²) in [5.74, 6) is -0.670. The molecule has 1 amide bonds. The predicted molar refractivity (Wildman–Crippen MR) is 41.0 cm³/mol. The summed E-state index contributed by atoms with van der Waals surface area (Å²) in [5, 5.41) is 3.24. The number of carbonyl (C=O) groups is 1. The largest absolute Gasteiger partial charge is 1.00 e. The molecule has 0 atom stereocenters. The fourth-order valence-corrected chi connectivity index (χ4v) is 0.434. The fraction of sp³-hybridized carbons (Fsp3) is 0. The third-order valence-corrected chi connectivity index (χ3v) is 0.864. The Kier molecular flexibility index (Phi) is 4.01. The van der Waals surface area contributed by atoms with Crippen LogP contribution in [-0.2, 0) is 10.4 Å². The number of primary amides is 1. The van der Waals surface area contributed by atoms with E-state index in [9.17, 15) is 4.79 Å². The number of rotatable bonds is 1. The Morgan fingerprint density at radius 2 is 2.00 bits per heavy atom. The van der Waals surface area contributed by atoms with E-state index in [1.807, 2.05) is 0 Å². The van der Waals surface area contributed by atoms with Gasteiger partial charge >= 0.3 is 1.43 Å². The highest BCUT2D eigenvalue weighted by Gasteiger charge is 2.07. The van der Waals surface area contributed by atoms with Gasteiger partial charge in [-0.05, 0) is 0 Å². The minimum Gasteiger partial charge on any atom is -0.759 e. The van der Waals surface area contributed by atoms with Gasteiger partial charge in [0.25, 0.3) is 5.91 Å². The van der Waals surface area contributed by atoms with Crippen molar-refractivity contribution in [3.63, 3.8) is 0 Å². The van der Waals surface area contributed by atoms with Crippen molar-refractivity contribution in [2.24, 2.45) is 5.73 Å². The third kappa shape index (κ3) is 5.93. The number of nitrogen functional groups attached to an aromatic ring is 1. The Balaban J connectivity index is 0. The number of anilines is 1. The molecule has 0 spiro atoms. The van der Waals surface area contributed by atoms with Crippen LogP contribution < -0.4 is 11.5 Å². The first-order valence-electron chi connectivity index (χ1n) is 2.88. The zero-order valence-corrected chi connectivity index (χ0v) is 7.35. The summed E-state index contributed by atoms with van der Waals surface area (Å²) in [7, 11) is -5.17. The van der Waals surface area contributed by atoms with Crippen molar-refractivity contribution in [3.8, 4) is 0 Å². The number of hydrogen-bond donors (Lipinski definition) is 2. The molecule has 0 radical (unpaired) electrons. The topological polar surface area (TPSA) is 175 Å². The summed E-state index contributed by atoms with van der Waals surface area (Å²) < 4.78 is 38.4. The molecule has 0 aromatic carbocycles. The number of aromatic nitrogens is 1. The molecule has 0 bridgehead atoms. The van der Waals surface area contributed by atoms with E-state index in [2.05, 4.69) is 9.68 Å². The first kappa shape index (κ1) is 12.3. The first-order chi connectivity index (χ1) is 6.22. The number of carbonyl (C=O) groups excluding carboxylic acids is 1. The molecule has 0 unspecified atom stereocenters. The maximum absolute atomic E-state index is 10.3. The summed E-state index contributed by atoms with van der Waals surface area (Å²) in [5.41, 5.74) is 10.1. The summed E-state index contributed by atoms with van der Waals surface area (Å²) in [6.45, 7) is 0. The van der Waals surface area contributed by atoms with Gasteiger partial charge in [0.05, 0.1) is 6.20 Å². The molecule has 1 rings (SSSR count). The average molecular weight is 224 g/mol. The molecule has 0 saturated heterocycles. The molecule has 0 aliphatic rings. The van der Waals surface area contributed by atoms with Gasteiger partial charge in [0.15, 0.2) is 0 Å². The van der Waals surface area contributed by atoms with Gasteiger partial charge in [0, 0.05) is 10.4 Å². The van der Waals surface area contributed by atoms with Gasteiger partial charge in [-0.2, -0.15) is 0 Å². The van der Waals surface area contributed by atoms with Crippen LogP contribution in [0.4, 0.5) is 5.88 Å². The lowest BCUT2D eigenvalue weighted by Gasteiger charge is -2.06. The lowest BCUT2D eigenvalue weighted by atomic mass is 10.3. The van der Waals surface area contributed by atoms with E-state index in [1.165, 1.54) is 6.20 Å². The zero-order valence-electron chi connectivity index (χ0n) is 7.54. The van der Waals surface area contributed by atoms with E-state index in [0.29, 0.717) is 0 Å². The Labute approximate surface area is 79.7 Å². The van der Waals surface area contributed by atoms with Crippen LogP contribution >= 0.6 is 0 Å². The predicted octanol–water partition coefficient (Wildman–Crippen LogP) is -1.87. The van der Waals surface area contributed by atoms with Crippen LogP contribution in [0.2, 0.25) is 0 Å². The van der Waals surface area contributed by atoms with Gasteiger partial charge in [0.2, 0.25) is 5.88 Å². The summed E-state index contributed by atoms with van der Waals surface area (Å²) in [6.07, 6.45) is 1.18. The van der Waals surface area contributed by atoms with Crippen LogP contribution in [0.3, 0.4) is 0 Å². The Hall–Kier alpha value is -1.65. The Bertz CT molecular complexity index is 406. The molecule has 80 valence electrons. The minimum absolute atomic E-state index is 0. The summed E-state index contributed by atoms with van der Waals surface area (Å²) >= 11 is 0. The van der Waals surface area contributed by atoms with Gasteiger partial charge in [0.1, 0.15) is 5.56 Å². The summed E-state index contributed by atoms with van der Waals surface area (Å²) in [6, 6.07) is 0. The van der Waals surface area contributed by atoms with E-state index in [-0.39, 0.29) is 12.9 Å². The quantitative estimate of drug-likeness (QED) is 0.411. The first-order valence-corrected chi connectivity index (χ1v) is 4.22. The Morgan fingerprint density at radius 1 is 1.57 bits per heavy atom. The second kappa shape index (κ2) is 4.55. The molecule has 10 heteroatoms. The lowest BCUT2D eigenvalue weighted by Crippen LogP contribution is -2.11. The van der Waals surface area contributed by atoms with Crippen molar-refractivity contribution in [1.82, 2.24) is 5.16 Å². The van der Waals surface area contributed by atoms with Crippen LogP contribution in [-0.4, -0.2) is 28.6 Å². The normalized spacial score (nSPS) is 10.1. The maximum atomic E-state index is 10.3. The monoisotopic (exact) mass is 224 g/mol. The SMILES string of the molecule is NC(=O)c1cnoc1N.O=S(=O)([O-])[O-].[H+]. The van der Waals surface area contributed by atoms with E-state index in [1.54, 1.807) is 0 Å². The molecule has 14 heavy (non-hydrogen) atoms. The standard InChI is InChI=1S/C4H5N3O2.H2O4S/c5-3(8)2-1-7-9-4(2)6;1-5(2,3)4/h1H,6H2,(H2,5,8);(H2,1,2,3,4)/p-1. The highest BCUT2D eigenvalue weighted by Crippen LogP contribution is 2.06. The number of amides is 1. The second-order valence-corrected chi connectivity index (χ2v) is 2.69. The molecule has 1 heterocycles. The molecule has 0 aliphatic heterocycles. The molecule has 1 aromatic heterocycles. The average Bonchev–Trinajstić information content (AvgIpc) is 2.30. The van der Waals surface area contributed by atoms with Crippen molar-refractivity contribution < 1.29 is 28.3 Å². The highest BCUT2D eigenvalue weighted by molar-refractivity contribution is 7.79. The van der Waals surface area contributed by atoms with Gasteiger partial charge in [-0.15, -0.1) is 0 Å². The molecule has 0 aliphatic carbocycles.